The maximum Gasteiger partial charge on any atom is 0.328 e. The second kappa shape index (κ2) is 9.97. The number of rotatable bonds is 5. The second-order valence-corrected chi connectivity index (χ2v) is 7.51. The van der Waals surface area contributed by atoms with Crippen LogP contribution in [0.3, 0.4) is 0 Å². The van der Waals surface area contributed by atoms with Crippen molar-refractivity contribution in [1.29, 1.82) is 0 Å². The Bertz CT molecular complexity index is 1550. The van der Waals surface area contributed by atoms with Crippen LogP contribution in [0, 0.1) is 6.07 Å². The smallest absolute Gasteiger partial charge is 0.328 e. The topological polar surface area (TPSA) is 70.0 Å². The number of hydrogen-bond acceptors (Lipinski definition) is 6. The predicted molar refractivity (Wildman–Crippen MR) is 130 cm³/mol. The molecule has 0 amide bonds. The summed E-state index contributed by atoms with van der Waals surface area (Å²) < 4.78 is 11.9. The van der Waals surface area contributed by atoms with E-state index in [1.165, 1.54) is 0 Å². The molecule has 0 atom stereocenters. The van der Waals surface area contributed by atoms with E-state index in [0.29, 0.717) is 17.3 Å². The monoisotopic (exact) mass is 634 g/mol. The minimum atomic E-state index is 0. The van der Waals surface area contributed by atoms with Gasteiger partial charge >= 0.3 is 12.0 Å². The SMILES string of the molecule is [Ir].[c-]1ccc(-c2nc(Oc3ccccc3)nc(Oc3ccccc3)n2)c2ccc3cccnc3c12. The molecule has 0 aliphatic heterocycles. The zero-order chi connectivity index (χ0) is 22.7. The van der Waals surface area contributed by atoms with Crippen LogP contribution < -0.4 is 9.47 Å². The number of ether oxygens (including phenoxy) is 2. The molecule has 1 radical (unpaired) electrons. The van der Waals surface area contributed by atoms with Gasteiger partial charge in [-0.15, -0.1) is 28.6 Å². The summed E-state index contributed by atoms with van der Waals surface area (Å²) in [6, 6.07) is 34.1. The number of hydrogen-bond donors (Lipinski definition) is 0. The number of pyridine rings is 1. The van der Waals surface area contributed by atoms with Gasteiger partial charge in [-0.3, -0.25) is 0 Å². The molecule has 4 aromatic carbocycles. The Morgan fingerprint density at radius 1 is 0.629 bits per heavy atom. The van der Waals surface area contributed by atoms with Crippen LogP contribution in [0.4, 0.5) is 0 Å². The third-order valence-electron chi connectivity index (χ3n) is 5.28. The molecule has 2 aromatic heterocycles. The quantitative estimate of drug-likeness (QED) is 0.157. The zero-order valence-electron chi connectivity index (χ0n) is 18.3. The van der Waals surface area contributed by atoms with Gasteiger partial charge in [-0.2, -0.15) is 9.97 Å². The van der Waals surface area contributed by atoms with Crippen molar-refractivity contribution in [2.45, 2.75) is 0 Å². The predicted octanol–water partition coefficient (Wildman–Crippen LogP) is 6.62. The summed E-state index contributed by atoms with van der Waals surface area (Å²) >= 11 is 0. The van der Waals surface area contributed by atoms with Gasteiger partial charge in [0.1, 0.15) is 11.5 Å². The molecule has 0 unspecified atom stereocenters. The van der Waals surface area contributed by atoms with E-state index in [-0.39, 0.29) is 32.1 Å². The fourth-order valence-electron chi connectivity index (χ4n) is 3.75. The van der Waals surface area contributed by atoms with Crippen LogP contribution in [0.15, 0.2) is 103 Å². The van der Waals surface area contributed by atoms with E-state index < -0.39 is 0 Å². The summed E-state index contributed by atoms with van der Waals surface area (Å²) in [5, 5.41) is 2.86. The first-order chi connectivity index (χ1) is 16.8. The molecule has 6 rings (SSSR count). The first kappa shape index (κ1) is 22.6. The van der Waals surface area contributed by atoms with Crippen LogP contribution in [0.5, 0.6) is 23.5 Å². The Balaban J connectivity index is 0.00000253. The van der Waals surface area contributed by atoms with Crippen LogP contribution in [-0.2, 0) is 20.1 Å². The maximum absolute atomic E-state index is 5.94. The number of para-hydroxylation sites is 2. The largest absolute Gasteiger partial charge is 0.424 e. The van der Waals surface area contributed by atoms with Crippen molar-refractivity contribution in [2.24, 2.45) is 0 Å². The molecule has 35 heavy (non-hydrogen) atoms. The Morgan fingerprint density at radius 2 is 1.29 bits per heavy atom. The molecule has 0 saturated heterocycles. The average molecular weight is 634 g/mol. The van der Waals surface area contributed by atoms with Crippen LogP contribution in [0.1, 0.15) is 0 Å². The standard InChI is InChI=1S/C28H17N4O2.Ir/c1-3-10-20(11-4-1)33-27-30-26(31-28(32-27)34-21-12-5-2-6-13-21)24-15-7-14-23-22(24)17-16-19-9-8-18-29-25(19)23;/h1-13,15-18H;/q-1;. The maximum atomic E-state index is 5.94. The Morgan fingerprint density at radius 3 is 1.94 bits per heavy atom. The van der Waals surface area contributed by atoms with E-state index in [9.17, 15) is 0 Å². The van der Waals surface area contributed by atoms with Gasteiger partial charge in [0.05, 0.1) is 0 Å². The normalized spacial score (nSPS) is 10.6. The van der Waals surface area contributed by atoms with E-state index in [2.05, 4.69) is 26.0 Å². The summed E-state index contributed by atoms with van der Waals surface area (Å²) in [7, 11) is 0. The second-order valence-electron chi connectivity index (χ2n) is 7.51. The molecule has 0 fully saturated rings. The Labute approximate surface area is 215 Å². The first-order valence-electron chi connectivity index (χ1n) is 10.7. The molecule has 171 valence electrons. The van der Waals surface area contributed by atoms with E-state index in [4.69, 9.17) is 9.47 Å². The van der Waals surface area contributed by atoms with E-state index in [1.807, 2.05) is 97.1 Å². The van der Waals surface area contributed by atoms with Crippen LogP contribution in [-0.4, -0.2) is 19.9 Å². The minimum Gasteiger partial charge on any atom is -0.424 e. The fraction of sp³-hybridized carbons (Fsp3) is 0. The van der Waals surface area contributed by atoms with Gasteiger partial charge in [-0.05, 0) is 41.2 Å². The number of nitrogens with zero attached hydrogens (tertiary/aromatic N) is 4. The van der Waals surface area contributed by atoms with Crippen molar-refractivity contribution in [3.63, 3.8) is 0 Å². The van der Waals surface area contributed by atoms with Gasteiger partial charge in [0, 0.05) is 26.3 Å². The summed E-state index contributed by atoms with van der Waals surface area (Å²) in [6.45, 7) is 0. The summed E-state index contributed by atoms with van der Waals surface area (Å²) in [6.07, 6.45) is 1.78. The summed E-state index contributed by atoms with van der Waals surface area (Å²) in [5.41, 5.74) is 1.68. The molecule has 0 spiro atoms. The van der Waals surface area contributed by atoms with Gasteiger partial charge in [-0.25, -0.2) is 0 Å². The number of aromatic nitrogens is 4. The number of benzene rings is 4. The molecule has 0 bridgehead atoms. The molecule has 0 aliphatic carbocycles. The summed E-state index contributed by atoms with van der Waals surface area (Å²) in [5.74, 6) is 1.67. The summed E-state index contributed by atoms with van der Waals surface area (Å²) in [4.78, 5) is 18.2. The molecular weight excluding hydrogens is 617 g/mol. The third-order valence-corrected chi connectivity index (χ3v) is 5.28. The first-order valence-corrected chi connectivity index (χ1v) is 10.7. The van der Waals surface area contributed by atoms with Gasteiger partial charge in [-0.1, -0.05) is 65.5 Å². The van der Waals surface area contributed by atoms with Crippen molar-refractivity contribution < 1.29 is 29.6 Å². The van der Waals surface area contributed by atoms with Crippen molar-refractivity contribution in [3.05, 3.63) is 109 Å². The molecule has 6 nitrogen and oxygen atoms in total. The van der Waals surface area contributed by atoms with Crippen molar-refractivity contribution in [1.82, 2.24) is 19.9 Å². The molecule has 7 heteroatoms. The van der Waals surface area contributed by atoms with Gasteiger partial charge in [0.2, 0.25) is 0 Å². The molecule has 0 N–H and O–H groups in total. The minimum absolute atomic E-state index is 0. The molecule has 6 aromatic rings. The molecule has 2 heterocycles. The van der Waals surface area contributed by atoms with Crippen molar-refractivity contribution >= 4 is 21.7 Å². The Hall–Kier alpha value is -4.19. The molecule has 0 saturated carbocycles. The molecular formula is C28H17IrN4O2-. The van der Waals surface area contributed by atoms with E-state index in [1.54, 1.807) is 6.20 Å². The van der Waals surface area contributed by atoms with Crippen LogP contribution in [0.2, 0.25) is 0 Å². The fourth-order valence-corrected chi connectivity index (χ4v) is 3.75. The molecule has 0 aliphatic rings. The van der Waals surface area contributed by atoms with Crippen molar-refractivity contribution in [3.8, 4) is 34.9 Å². The third kappa shape index (κ3) is 4.73. The van der Waals surface area contributed by atoms with Gasteiger partial charge < -0.3 is 14.5 Å². The van der Waals surface area contributed by atoms with E-state index >= 15 is 0 Å². The van der Waals surface area contributed by atoms with Gasteiger partial charge in [0.25, 0.3) is 0 Å². The van der Waals surface area contributed by atoms with Gasteiger partial charge in [0.15, 0.2) is 5.82 Å². The van der Waals surface area contributed by atoms with Crippen molar-refractivity contribution in [2.75, 3.05) is 0 Å². The average Bonchev–Trinajstić information content (AvgIpc) is 2.89. The number of fused-ring (bicyclic) bond motifs is 3. The van der Waals surface area contributed by atoms with E-state index in [0.717, 1.165) is 27.2 Å². The van der Waals surface area contributed by atoms with Crippen LogP contribution in [0.25, 0.3) is 33.1 Å². The zero-order valence-corrected chi connectivity index (χ0v) is 20.6. The van der Waals surface area contributed by atoms with Crippen LogP contribution >= 0.6 is 0 Å². The Kier molecular flexibility index (Phi) is 6.44.